The minimum atomic E-state index is -0.602. The molecule has 8 bridgehead atoms. The second-order valence-corrected chi connectivity index (χ2v) is 20.5. The Morgan fingerprint density at radius 2 is 0.608 bits per heavy atom. The molecule has 0 saturated heterocycles. The Balaban J connectivity index is 0.893. The molecule has 4 heteroatoms. The van der Waals surface area contributed by atoms with Crippen molar-refractivity contribution >= 4 is 104 Å². The third kappa shape index (κ3) is 5.31. The van der Waals surface area contributed by atoms with Gasteiger partial charge >= 0.3 is 0 Å². The molecule has 3 aromatic heterocycles. The zero-order valence-corrected chi connectivity index (χ0v) is 40.0. The summed E-state index contributed by atoms with van der Waals surface area (Å²) in [7, 11) is 0. The van der Waals surface area contributed by atoms with Crippen molar-refractivity contribution in [2.45, 2.75) is 0 Å². The maximum atomic E-state index is 5.39. The maximum Gasteiger partial charge on any atom is 0.0803 e. The predicted octanol–water partition coefficient (Wildman–Crippen LogP) is 16.3. The number of hydrogen-bond acceptors (Lipinski definition) is 2. The molecule has 74 heavy (non-hydrogen) atoms. The average Bonchev–Trinajstić information content (AvgIpc) is 4.38. The molecule has 2 unspecified atom stereocenters. The highest BCUT2D eigenvalue weighted by Crippen LogP contribution is 2.65. The van der Waals surface area contributed by atoms with Crippen molar-refractivity contribution in [3.8, 4) is 0 Å². The van der Waals surface area contributed by atoms with Crippen LogP contribution in [-0.2, 0) is 0 Å². The van der Waals surface area contributed by atoms with Crippen LogP contribution in [0.2, 0.25) is 0 Å². The van der Waals surface area contributed by atoms with Crippen molar-refractivity contribution in [1.29, 1.82) is 0 Å². The van der Waals surface area contributed by atoms with E-state index in [4.69, 9.17) is 9.97 Å². The Hall–Kier alpha value is -9.64. The number of benzene rings is 4. The third-order valence-electron chi connectivity index (χ3n) is 16.8. The van der Waals surface area contributed by atoms with Gasteiger partial charge in [0.05, 0.1) is 33.6 Å². The summed E-state index contributed by atoms with van der Waals surface area (Å²) in [6.07, 6.45) is 41.8. The van der Waals surface area contributed by atoms with Crippen LogP contribution in [0.1, 0.15) is 67.3 Å². The number of nitrogens with zero attached hydrogens (tertiary/aromatic N) is 4. The first kappa shape index (κ1) is 40.0. The van der Waals surface area contributed by atoms with Crippen LogP contribution < -0.4 is 0 Å². The molecule has 17 rings (SSSR count). The molecule has 4 nitrogen and oxygen atoms in total. The first-order valence-electron chi connectivity index (χ1n) is 25.6. The standard InChI is InChI=1S/C70H42N4/c1-5-15-55-43(11-1)35-63-59(55)19-9-33-69(63)65-37-45-13-3-7-17-57(45)61(65)29-31-67(69)73-51-25-26-52(73)40-48-22-24-50(72-48)42-54-28-27-53(41-49-23-21-47(39-51)71-49)74(54)68-32-30-62-58-18-8-4-14-46(58)38-66(62)70(68)34-10-20-60-56-16-6-2-12-44(56)36-64(60)70/h1-42H. The SMILES string of the molecule is C1=CC2(C3=Cc4ccccc4C3=C1)C1=Cc3ccccc3C1=CC=C2n1c2ccc1cc1nc(cc3ccc(cc4nc(c2)C=C4)n3C2=CC=C3C(=Cc4ccccc43)C23C=CC=C2C3=Cc3ccccc32)C=C1. The summed E-state index contributed by atoms with van der Waals surface area (Å²) < 4.78 is 4.91. The summed E-state index contributed by atoms with van der Waals surface area (Å²) in [5.74, 6) is 0. The van der Waals surface area contributed by atoms with Crippen molar-refractivity contribution in [3.63, 3.8) is 0 Å². The lowest BCUT2D eigenvalue weighted by Crippen LogP contribution is -2.31. The van der Waals surface area contributed by atoms with Gasteiger partial charge in [0, 0.05) is 33.5 Å². The van der Waals surface area contributed by atoms with E-state index in [-0.39, 0.29) is 0 Å². The zero-order valence-electron chi connectivity index (χ0n) is 40.0. The summed E-state index contributed by atoms with van der Waals surface area (Å²) in [6.45, 7) is 0. The molecule has 0 fully saturated rings. The molecule has 0 amide bonds. The smallest absolute Gasteiger partial charge is 0.0803 e. The predicted molar refractivity (Wildman–Crippen MR) is 307 cm³/mol. The number of allylic oxidation sites excluding steroid dienone is 20. The van der Waals surface area contributed by atoms with E-state index in [9.17, 15) is 0 Å². The van der Waals surface area contributed by atoms with E-state index >= 15 is 0 Å². The van der Waals surface area contributed by atoms with E-state index in [1.165, 1.54) is 89.1 Å². The summed E-state index contributed by atoms with van der Waals surface area (Å²) in [5, 5.41) is 0. The number of aromatic nitrogens is 4. The van der Waals surface area contributed by atoms with Crippen molar-refractivity contribution in [2.24, 2.45) is 10.8 Å². The monoisotopic (exact) mass is 938 g/mol. The van der Waals surface area contributed by atoms with Crippen LogP contribution in [0.4, 0.5) is 0 Å². The van der Waals surface area contributed by atoms with Gasteiger partial charge in [0.15, 0.2) is 0 Å². The van der Waals surface area contributed by atoms with Gasteiger partial charge in [0.2, 0.25) is 0 Å². The normalized spacial score (nSPS) is 21.1. The molecule has 2 atom stereocenters. The van der Waals surface area contributed by atoms with Gasteiger partial charge in [-0.1, -0.05) is 146 Å². The zero-order chi connectivity index (χ0) is 48.3. The van der Waals surface area contributed by atoms with Gasteiger partial charge in [-0.05, 0) is 198 Å². The number of rotatable bonds is 2. The van der Waals surface area contributed by atoms with Crippen LogP contribution in [0.5, 0.6) is 0 Å². The Labute approximate surface area is 428 Å². The lowest BCUT2D eigenvalue weighted by Gasteiger charge is -2.42. The molecular weight excluding hydrogens is 897 g/mol. The molecule has 5 heterocycles. The number of hydrogen-bond donors (Lipinski definition) is 0. The Morgan fingerprint density at radius 3 is 0.932 bits per heavy atom. The van der Waals surface area contributed by atoms with Gasteiger partial charge in [-0.2, -0.15) is 0 Å². The average molecular weight is 939 g/mol. The van der Waals surface area contributed by atoms with Crippen LogP contribution >= 0.6 is 0 Å². The van der Waals surface area contributed by atoms with Crippen LogP contribution in [0.15, 0.2) is 229 Å². The van der Waals surface area contributed by atoms with Crippen molar-refractivity contribution < 1.29 is 0 Å². The van der Waals surface area contributed by atoms with Crippen LogP contribution in [-0.4, -0.2) is 19.1 Å². The molecule has 2 aliphatic heterocycles. The molecule has 2 spiro atoms. The minimum absolute atomic E-state index is 0.602. The highest BCUT2D eigenvalue weighted by molar-refractivity contribution is 6.12. The van der Waals surface area contributed by atoms with Crippen LogP contribution in [0.3, 0.4) is 0 Å². The van der Waals surface area contributed by atoms with Gasteiger partial charge in [-0.15, -0.1) is 0 Å². The maximum absolute atomic E-state index is 5.39. The van der Waals surface area contributed by atoms with Gasteiger partial charge < -0.3 is 9.13 Å². The van der Waals surface area contributed by atoms with Crippen molar-refractivity contribution in [2.75, 3.05) is 0 Å². The second kappa shape index (κ2) is 14.5. The second-order valence-electron chi connectivity index (χ2n) is 20.5. The summed E-state index contributed by atoms with van der Waals surface area (Å²) in [4.78, 5) is 10.8. The van der Waals surface area contributed by atoms with Gasteiger partial charge in [0.1, 0.15) is 0 Å². The Bertz CT molecular complexity index is 4100. The fourth-order valence-electron chi connectivity index (χ4n) is 13.7. The fourth-order valence-corrected chi connectivity index (χ4v) is 13.7. The quantitative estimate of drug-likeness (QED) is 0.173. The topological polar surface area (TPSA) is 35.6 Å². The van der Waals surface area contributed by atoms with Gasteiger partial charge in [0.25, 0.3) is 0 Å². The first-order chi connectivity index (χ1) is 36.6. The van der Waals surface area contributed by atoms with Gasteiger partial charge in [-0.25, -0.2) is 9.97 Å². The molecule has 10 aliphatic rings. The molecule has 342 valence electrons. The summed E-state index contributed by atoms with van der Waals surface area (Å²) in [6, 6.07) is 53.2. The fraction of sp³-hybridized carbons (Fsp3) is 0.0286. The minimum Gasteiger partial charge on any atom is -0.312 e. The van der Waals surface area contributed by atoms with E-state index < -0.39 is 10.8 Å². The lowest BCUT2D eigenvalue weighted by molar-refractivity contribution is 0.738. The molecule has 7 aromatic rings. The highest BCUT2D eigenvalue weighted by Gasteiger charge is 2.51. The molecule has 0 N–H and O–H groups in total. The van der Waals surface area contributed by atoms with Crippen LogP contribution in [0.25, 0.3) is 104 Å². The lowest BCUT2D eigenvalue weighted by atomic mass is 9.63. The molecule has 4 aromatic carbocycles. The summed E-state index contributed by atoms with van der Waals surface area (Å²) in [5.41, 5.74) is 29.2. The van der Waals surface area contributed by atoms with Crippen molar-refractivity contribution in [1.82, 2.24) is 19.1 Å². The molecule has 0 radical (unpaired) electrons. The van der Waals surface area contributed by atoms with E-state index in [2.05, 4.69) is 264 Å². The van der Waals surface area contributed by atoms with E-state index in [1.807, 2.05) is 0 Å². The summed E-state index contributed by atoms with van der Waals surface area (Å²) >= 11 is 0. The van der Waals surface area contributed by atoms with E-state index in [0.29, 0.717) is 0 Å². The Morgan fingerprint density at radius 1 is 0.311 bits per heavy atom. The van der Waals surface area contributed by atoms with Crippen LogP contribution in [0, 0.1) is 10.8 Å². The first-order valence-corrected chi connectivity index (χ1v) is 25.6. The highest BCUT2D eigenvalue weighted by atomic mass is 15.0. The number of fused-ring (bicyclic) bond motifs is 24. The molecule has 0 saturated carbocycles. The third-order valence-corrected chi connectivity index (χ3v) is 16.8. The molecular formula is C70H42N4. The largest absolute Gasteiger partial charge is 0.312 e. The van der Waals surface area contributed by atoms with E-state index in [0.717, 1.165) is 56.2 Å². The van der Waals surface area contributed by atoms with Crippen molar-refractivity contribution in [3.05, 3.63) is 296 Å². The molecule has 8 aliphatic carbocycles. The van der Waals surface area contributed by atoms with E-state index in [1.54, 1.807) is 0 Å². The Kier molecular flexibility index (Phi) is 7.84. The van der Waals surface area contributed by atoms with Gasteiger partial charge in [-0.3, -0.25) is 0 Å².